The fourth-order valence-electron chi connectivity index (χ4n) is 3.87. The van der Waals surface area contributed by atoms with E-state index in [9.17, 15) is 0 Å². The van der Waals surface area contributed by atoms with Gasteiger partial charge in [-0.1, -0.05) is 24.3 Å². The first kappa shape index (κ1) is 23.4. The molecule has 6 heteroatoms. The molecule has 0 saturated carbocycles. The van der Waals surface area contributed by atoms with Crippen LogP contribution in [-0.2, 0) is 17.7 Å². The molecule has 1 saturated heterocycles. The molecule has 1 fully saturated rings. The van der Waals surface area contributed by atoms with Gasteiger partial charge in [0.05, 0.1) is 6.26 Å². The average Bonchev–Trinajstić information content (AvgIpc) is 3.30. The van der Waals surface area contributed by atoms with Gasteiger partial charge in [0.1, 0.15) is 5.76 Å². The highest BCUT2D eigenvalue weighted by Gasteiger charge is 2.20. The summed E-state index contributed by atoms with van der Waals surface area (Å²) in [5.74, 6) is 1.90. The van der Waals surface area contributed by atoms with E-state index in [0.717, 1.165) is 83.3 Å². The SMILES string of the molecule is CCOCCCN=C(NCCc1ccco1)NC1CCN(Cc2ccccc2C)CC1. The number of nitrogens with zero attached hydrogens (tertiary/aromatic N) is 2. The largest absolute Gasteiger partial charge is 0.469 e. The van der Waals surface area contributed by atoms with E-state index < -0.39 is 0 Å². The topological polar surface area (TPSA) is 62.0 Å². The van der Waals surface area contributed by atoms with Crippen molar-refractivity contribution in [3.63, 3.8) is 0 Å². The van der Waals surface area contributed by atoms with E-state index in [1.165, 1.54) is 11.1 Å². The number of aliphatic imine (C=N–C) groups is 1. The number of aryl methyl sites for hydroxylation is 1. The number of guanidine groups is 1. The van der Waals surface area contributed by atoms with Gasteiger partial charge in [0.25, 0.3) is 0 Å². The van der Waals surface area contributed by atoms with Crippen molar-refractivity contribution in [3.05, 3.63) is 59.5 Å². The summed E-state index contributed by atoms with van der Waals surface area (Å²) in [7, 11) is 0. The Hall–Kier alpha value is -2.31. The molecule has 2 N–H and O–H groups in total. The fraction of sp³-hybridized carbons (Fsp3) is 0.560. The first-order chi connectivity index (χ1) is 15.2. The molecule has 3 rings (SSSR count). The zero-order valence-corrected chi connectivity index (χ0v) is 19.1. The molecule has 0 aliphatic carbocycles. The fourth-order valence-corrected chi connectivity index (χ4v) is 3.87. The molecule has 0 radical (unpaired) electrons. The third-order valence-corrected chi connectivity index (χ3v) is 5.75. The van der Waals surface area contributed by atoms with Gasteiger partial charge in [-0.2, -0.15) is 0 Å². The van der Waals surface area contributed by atoms with Crippen LogP contribution in [0.5, 0.6) is 0 Å². The number of benzene rings is 1. The Kier molecular flexibility index (Phi) is 9.93. The van der Waals surface area contributed by atoms with E-state index in [1.54, 1.807) is 6.26 Å². The van der Waals surface area contributed by atoms with E-state index >= 15 is 0 Å². The highest BCUT2D eigenvalue weighted by Crippen LogP contribution is 2.16. The average molecular weight is 427 g/mol. The van der Waals surface area contributed by atoms with Gasteiger partial charge in [-0.3, -0.25) is 9.89 Å². The highest BCUT2D eigenvalue weighted by atomic mass is 16.5. The second kappa shape index (κ2) is 13.2. The van der Waals surface area contributed by atoms with Crippen molar-refractivity contribution < 1.29 is 9.15 Å². The maximum atomic E-state index is 5.44. The van der Waals surface area contributed by atoms with Gasteiger partial charge in [-0.15, -0.1) is 0 Å². The Balaban J connectivity index is 1.45. The predicted molar refractivity (Wildman–Crippen MR) is 126 cm³/mol. The van der Waals surface area contributed by atoms with Crippen molar-refractivity contribution in [2.24, 2.45) is 4.99 Å². The Morgan fingerprint density at radius 1 is 1.19 bits per heavy atom. The number of likely N-dealkylation sites (tertiary alicyclic amines) is 1. The number of nitrogens with one attached hydrogen (secondary N) is 2. The molecule has 1 aromatic heterocycles. The number of hydrogen-bond acceptors (Lipinski definition) is 4. The summed E-state index contributed by atoms with van der Waals surface area (Å²) in [5, 5.41) is 7.14. The van der Waals surface area contributed by atoms with E-state index in [-0.39, 0.29) is 0 Å². The van der Waals surface area contributed by atoms with Gasteiger partial charge in [-0.25, -0.2) is 0 Å². The summed E-state index contributed by atoms with van der Waals surface area (Å²) in [6, 6.07) is 13.1. The van der Waals surface area contributed by atoms with Crippen LogP contribution in [0.2, 0.25) is 0 Å². The maximum absolute atomic E-state index is 5.44. The molecule has 2 aromatic rings. The first-order valence-corrected chi connectivity index (χ1v) is 11.7. The Morgan fingerprint density at radius 3 is 2.77 bits per heavy atom. The number of hydrogen-bond donors (Lipinski definition) is 2. The molecule has 31 heavy (non-hydrogen) atoms. The lowest BCUT2D eigenvalue weighted by Crippen LogP contribution is -2.49. The normalized spacial score (nSPS) is 15.9. The minimum Gasteiger partial charge on any atom is -0.469 e. The third-order valence-electron chi connectivity index (χ3n) is 5.75. The van der Waals surface area contributed by atoms with Crippen LogP contribution in [0.4, 0.5) is 0 Å². The second-order valence-corrected chi connectivity index (χ2v) is 8.16. The second-order valence-electron chi connectivity index (χ2n) is 8.16. The minimum atomic E-state index is 0.454. The predicted octanol–water partition coefficient (Wildman–Crippen LogP) is 3.76. The number of ether oxygens (including phenoxy) is 1. The quantitative estimate of drug-likeness (QED) is 0.325. The lowest BCUT2D eigenvalue weighted by atomic mass is 10.0. The van der Waals surface area contributed by atoms with Crippen LogP contribution in [-0.4, -0.2) is 56.3 Å². The van der Waals surface area contributed by atoms with Crippen molar-refractivity contribution in [1.82, 2.24) is 15.5 Å². The van der Waals surface area contributed by atoms with E-state index in [0.29, 0.717) is 6.04 Å². The first-order valence-electron chi connectivity index (χ1n) is 11.7. The van der Waals surface area contributed by atoms with E-state index in [4.69, 9.17) is 14.1 Å². The third kappa shape index (κ3) is 8.38. The molecule has 0 spiro atoms. The summed E-state index contributed by atoms with van der Waals surface area (Å²) in [4.78, 5) is 7.34. The van der Waals surface area contributed by atoms with Crippen LogP contribution in [0.25, 0.3) is 0 Å². The number of piperidine rings is 1. The molecule has 1 aromatic carbocycles. The minimum absolute atomic E-state index is 0.454. The molecule has 0 amide bonds. The number of rotatable bonds is 11. The zero-order valence-electron chi connectivity index (χ0n) is 19.1. The summed E-state index contributed by atoms with van der Waals surface area (Å²) in [5.41, 5.74) is 2.81. The van der Waals surface area contributed by atoms with Gasteiger partial charge in [-0.05, 0) is 56.4 Å². The molecule has 0 unspecified atom stereocenters. The van der Waals surface area contributed by atoms with Crippen molar-refractivity contribution in [2.45, 2.75) is 52.1 Å². The monoisotopic (exact) mass is 426 g/mol. The van der Waals surface area contributed by atoms with E-state index in [1.807, 2.05) is 19.1 Å². The van der Waals surface area contributed by atoms with Crippen LogP contribution in [0, 0.1) is 6.92 Å². The number of furan rings is 1. The molecule has 0 bridgehead atoms. The molecule has 1 aliphatic heterocycles. The van der Waals surface area contributed by atoms with Crippen LogP contribution in [0.3, 0.4) is 0 Å². The van der Waals surface area contributed by atoms with E-state index in [2.05, 4.69) is 46.7 Å². The van der Waals surface area contributed by atoms with Crippen LogP contribution in [0.1, 0.15) is 43.1 Å². The smallest absolute Gasteiger partial charge is 0.191 e. The Labute approximate surface area is 187 Å². The molecule has 170 valence electrons. The zero-order chi connectivity index (χ0) is 21.7. The molecule has 2 heterocycles. The summed E-state index contributed by atoms with van der Waals surface area (Å²) in [6.45, 7) is 10.6. The van der Waals surface area contributed by atoms with Gasteiger partial charge in [0.15, 0.2) is 5.96 Å². The van der Waals surface area contributed by atoms with Crippen LogP contribution in [0.15, 0.2) is 52.1 Å². The molecular formula is C25H38N4O2. The molecule has 6 nitrogen and oxygen atoms in total. The van der Waals surface area contributed by atoms with Gasteiger partial charge < -0.3 is 19.8 Å². The van der Waals surface area contributed by atoms with Crippen molar-refractivity contribution in [1.29, 1.82) is 0 Å². The standard InChI is InChI=1S/C25H38N4O2/c1-3-30-18-7-14-26-25(27-15-11-24-10-6-19-31-24)28-23-12-16-29(17-13-23)20-22-9-5-4-8-21(22)2/h4-6,8-10,19,23H,3,7,11-18,20H2,1-2H3,(H2,26,27,28). The maximum Gasteiger partial charge on any atom is 0.191 e. The molecule has 1 aliphatic rings. The Bertz CT molecular complexity index is 768. The summed E-state index contributed by atoms with van der Waals surface area (Å²) < 4.78 is 10.9. The van der Waals surface area contributed by atoms with Crippen LogP contribution >= 0.6 is 0 Å². The van der Waals surface area contributed by atoms with Gasteiger partial charge in [0, 0.05) is 58.4 Å². The van der Waals surface area contributed by atoms with Crippen molar-refractivity contribution in [3.8, 4) is 0 Å². The lowest BCUT2D eigenvalue weighted by molar-refractivity contribution is 0.146. The highest BCUT2D eigenvalue weighted by molar-refractivity contribution is 5.80. The molecule has 0 atom stereocenters. The summed E-state index contributed by atoms with van der Waals surface area (Å²) in [6.07, 6.45) is 5.77. The molecular weight excluding hydrogens is 388 g/mol. The van der Waals surface area contributed by atoms with Crippen molar-refractivity contribution in [2.75, 3.05) is 39.4 Å². The lowest BCUT2D eigenvalue weighted by Gasteiger charge is -2.33. The van der Waals surface area contributed by atoms with Gasteiger partial charge >= 0.3 is 0 Å². The summed E-state index contributed by atoms with van der Waals surface area (Å²) >= 11 is 0. The van der Waals surface area contributed by atoms with Crippen molar-refractivity contribution >= 4 is 5.96 Å². The van der Waals surface area contributed by atoms with Gasteiger partial charge in [0.2, 0.25) is 0 Å². The van der Waals surface area contributed by atoms with Crippen LogP contribution < -0.4 is 10.6 Å². The Morgan fingerprint density at radius 2 is 2.03 bits per heavy atom.